The minimum Gasteiger partial charge on any atom is -0.493 e. The zero-order chi connectivity index (χ0) is 15.6. The first-order chi connectivity index (χ1) is 9.97. The second kappa shape index (κ2) is 7.30. The standard InChI is InChI=1S/C15H14Br2INO2/c1-20-13-6-10(12(17)7-14(13)21-2)15(19)9-5-8(18)3-4-11(9)16/h3-7,15H,19H2,1-2H3. The monoisotopic (exact) mass is 525 g/mol. The first kappa shape index (κ1) is 17.1. The van der Waals surface area contributed by atoms with Crippen LogP contribution in [0.3, 0.4) is 0 Å². The number of hydrogen-bond acceptors (Lipinski definition) is 3. The van der Waals surface area contributed by atoms with Gasteiger partial charge in [0.05, 0.1) is 20.3 Å². The maximum Gasteiger partial charge on any atom is 0.161 e. The molecule has 0 aliphatic carbocycles. The summed E-state index contributed by atoms with van der Waals surface area (Å²) in [5.41, 5.74) is 8.41. The predicted molar refractivity (Wildman–Crippen MR) is 100 cm³/mol. The van der Waals surface area contributed by atoms with E-state index in [1.54, 1.807) is 14.2 Å². The molecule has 6 heteroatoms. The average Bonchev–Trinajstić information content (AvgIpc) is 2.48. The number of benzene rings is 2. The van der Waals surface area contributed by atoms with E-state index in [2.05, 4.69) is 60.5 Å². The number of halogens is 3. The van der Waals surface area contributed by atoms with Gasteiger partial charge in [-0.05, 0) is 64.0 Å². The van der Waals surface area contributed by atoms with Crippen molar-refractivity contribution in [3.05, 3.63) is 54.0 Å². The molecule has 0 saturated carbocycles. The molecule has 0 aliphatic heterocycles. The first-order valence-corrected chi connectivity index (χ1v) is 8.76. The second-order valence-electron chi connectivity index (χ2n) is 4.37. The molecule has 0 heterocycles. The molecule has 1 atom stereocenters. The fourth-order valence-electron chi connectivity index (χ4n) is 2.03. The Balaban J connectivity index is 2.52. The van der Waals surface area contributed by atoms with Crippen LogP contribution in [0.4, 0.5) is 0 Å². The average molecular weight is 527 g/mol. The maximum atomic E-state index is 6.44. The highest BCUT2D eigenvalue weighted by Crippen LogP contribution is 2.38. The van der Waals surface area contributed by atoms with Crippen LogP contribution in [0, 0.1) is 3.57 Å². The van der Waals surface area contributed by atoms with Crippen molar-refractivity contribution in [1.29, 1.82) is 0 Å². The molecule has 2 aromatic carbocycles. The van der Waals surface area contributed by atoms with E-state index in [-0.39, 0.29) is 6.04 Å². The summed E-state index contributed by atoms with van der Waals surface area (Å²) in [7, 11) is 3.22. The van der Waals surface area contributed by atoms with E-state index in [1.165, 1.54) is 0 Å². The van der Waals surface area contributed by atoms with Gasteiger partial charge in [-0.3, -0.25) is 0 Å². The predicted octanol–water partition coefficient (Wildman–Crippen LogP) is 4.88. The molecular weight excluding hydrogens is 513 g/mol. The van der Waals surface area contributed by atoms with Gasteiger partial charge in [-0.2, -0.15) is 0 Å². The second-order valence-corrected chi connectivity index (χ2v) is 7.33. The molecule has 112 valence electrons. The largest absolute Gasteiger partial charge is 0.493 e. The number of methoxy groups -OCH3 is 2. The lowest BCUT2D eigenvalue weighted by molar-refractivity contribution is 0.354. The number of nitrogens with two attached hydrogens (primary N) is 1. The maximum absolute atomic E-state index is 6.44. The van der Waals surface area contributed by atoms with Gasteiger partial charge in [-0.25, -0.2) is 0 Å². The van der Waals surface area contributed by atoms with Gasteiger partial charge >= 0.3 is 0 Å². The summed E-state index contributed by atoms with van der Waals surface area (Å²) in [5, 5.41) is 0. The first-order valence-electron chi connectivity index (χ1n) is 6.10. The highest BCUT2D eigenvalue weighted by atomic mass is 127. The molecule has 0 saturated heterocycles. The molecule has 0 aromatic heterocycles. The quantitative estimate of drug-likeness (QED) is 0.578. The third-order valence-corrected chi connectivity index (χ3v) is 5.21. The minimum atomic E-state index is -0.275. The van der Waals surface area contributed by atoms with Crippen LogP contribution in [0.25, 0.3) is 0 Å². The molecule has 0 radical (unpaired) electrons. The Kier molecular flexibility index (Phi) is 5.93. The van der Waals surface area contributed by atoms with Gasteiger partial charge in [0.1, 0.15) is 0 Å². The van der Waals surface area contributed by atoms with Gasteiger partial charge in [0, 0.05) is 12.5 Å². The van der Waals surface area contributed by atoms with E-state index in [0.717, 1.165) is 23.6 Å². The third-order valence-electron chi connectivity index (χ3n) is 3.13. The van der Waals surface area contributed by atoms with Gasteiger partial charge in [-0.15, -0.1) is 0 Å². The van der Waals surface area contributed by atoms with Crippen molar-refractivity contribution >= 4 is 54.5 Å². The van der Waals surface area contributed by atoms with Crippen LogP contribution < -0.4 is 15.2 Å². The highest BCUT2D eigenvalue weighted by molar-refractivity contribution is 14.1. The fourth-order valence-corrected chi connectivity index (χ4v) is 3.61. The number of ether oxygens (including phenoxy) is 2. The van der Waals surface area contributed by atoms with E-state index in [9.17, 15) is 0 Å². The number of rotatable bonds is 4. The molecule has 3 nitrogen and oxygen atoms in total. The fraction of sp³-hybridized carbons (Fsp3) is 0.200. The van der Waals surface area contributed by atoms with E-state index >= 15 is 0 Å². The summed E-state index contributed by atoms with van der Waals surface area (Å²) in [6.45, 7) is 0. The molecule has 0 amide bonds. The van der Waals surface area contributed by atoms with Gasteiger partial charge in [0.25, 0.3) is 0 Å². The lowest BCUT2D eigenvalue weighted by atomic mass is 9.99. The molecule has 0 aliphatic rings. The van der Waals surface area contributed by atoms with E-state index in [1.807, 2.05) is 24.3 Å². The van der Waals surface area contributed by atoms with Gasteiger partial charge < -0.3 is 15.2 Å². The summed E-state index contributed by atoms with van der Waals surface area (Å²) in [6, 6.07) is 9.60. The zero-order valence-corrected chi connectivity index (χ0v) is 16.8. The Bertz CT molecular complexity index is 664. The molecular formula is C15H14Br2INO2. The smallest absolute Gasteiger partial charge is 0.161 e. The lowest BCUT2D eigenvalue weighted by Crippen LogP contribution is -2.14. The van der Waals surface area contributed by atoms with Crippen molar-refractivity contribution in [2.24, 2.45) is 5.73 Å². The molecule has 0 fully saturated rings. The zero-order valence-electron chi connectivity index (χ0n) is 11.5. The summed E-state index contributed by atoms with van der Waals surface area (Å²) < 4.78 is 13.7. The molecule has 0 spiro atoms. The van der Waals surface area contributed by atoms with E-state index in [4.69, 9.17) is 15.2 Å². The molecule has 2 rings (SSSR count). The summed E-state index contributed by atoms with van der Waals surface area (Å²) in [6.07, 6.45) is 0. The lowest BCUT2D eigenvalue weighted by Gasteiger charge is -2.19. The molecule has 1 unspecified atom stereocenters. The summed E-state index contributed by atoms with van der Waals surface area (Å²) in [5.74, 6) is 1.33. The minimum absolute atomic E-state index is 0.275. The summed E-state index contributed by atoms with van der Waals surface area (Å²) >= 11 is 9.40. The Morgan fingerprint density at radius 2 is 1.52 bits per heavy atom. The van der Waals surface area contributed by atoms with Crippen molar-refractivity contribution in [1.82, 2.24) is 0 Å². The summed E-state index contributed by atoms with van der Waals surface area (Å²) in [4.78, 5) is 0. The molecule has 2 N–H and O–H groups in total. The SMILES string of the molecule is COc1cc(Br)c(C(N)c2cc(I)ccc2Br)cc1OC. The van der Waals surface area contributed by atoms with Crippen LogP contribution in [0.1, 0.15) is 17.2 Å². The molecule has 0 bridgehead atoms. The van der Waals surface area contributed by atoms with E-state index < -0.39 is 0 Å². The van der Waals surface area contributed by atoms with Crippen molar-refractivity contribution in [3.8, 4) is 11.5 Å². The Morgan fingerprint density at radius 3 is 2.14 bits per heavy atom. The van der Waals surface area contributed by atoms with Gasteiger partial charge in [-0.1, -0.05) is 31.9 Å². The Labute approximate surface area is 154 Å². The van der Waals surface area contributed by atoms with Crippen LogP contribution in [0.15, 0.2) is 39.3 Å². The van der Waals surface area contributed by atoms with Crippen LogP contribution in [0.5, 0.6) is 11.5 Å². The molecule has 2 aromatic rings. The Hall–Kier alpha value is -0.310. The normalized spacial score (nSPS) is 12.1. The van der Waals surface area contributed by atoms with Crippen molar-refractivity contribution < 1.29 is 9.47 Å². The van der Waals surface area contributed by atoms with E-state index in [0.29, 0.717) is 11.5 Å². The Morgan fingerprint density at radius 1 is 0.952 bits per heavy atom. The van der Waals surface area contributed by atoms with Crippen molar-refractivity contribution in [2.75, 3.05) is 14.2 Å². The molecule has 21 heavy (non-hydrogen) atoms. The van der Waals surface area contributed by atoms with Gasteiger partial charge in [0.15, 0.2) is 11.5 Å². The van der Waals surface area contributed by atoms with Gasteiger partial charge in [0.2, 0.25) is 0 Å². The van der Waals surface area contributed by atoms with Crippen molar-refractivity contribution in [2.45, 2.75) is 6.04 Å². The topological polar surface area (TPSA) is 44.5 Å². The van der Waals surface area contributed by atoms with Crippen molar-refractivity contribution in [3.63, 3.8) is 0 Å². The van der Waals surface area contributed by atoms with Crippen LogP contribution in [0.2, 0.25) is 0 Å². The number of hydrogen-bond donors (Lipinski definition) is 1. The highest BCUT2D eigenvalue weighted by Gasteiger charge is 2.18. The van der Waals surface area contributed by atoms with Crippen LogP contribution in [-0.2, 0) is 0 Å². The van der Waals surface area contributed by atoms with Crippen LogP contribution in [-0.4, -0.2) is 14.2 Å². The van der Waals surface area contributed by atoms with Crippen LogP contribution >= 0.6 is 54.5 Å². The third kappa shape index (κ3) is 3.72.